The van der Waals surface area contributed by atoms with Gasteiger partial charge in [-0.15, -0.1) is 0 Å². The van der Waals surface area contributed by atoms with Gasteiger partial charge in [0.05, 0.1) is 15.6 Å². The minimum Gasteiger partial charge on any atom is -0.486 e. The normalized spacial score (nSPS) is 19.5. The molecule has 0 bridgehead atoms. The Labute approximate surface area is 186 Å². The minimum absolute atomic E-state index is 0.151. The molecule has 2 aromatic rings. The number of nitro groups is 1. The number of nitrogens with one attached hydrogen (secondary N) is 2. The van der Waals surface area contributed by atoms with E-state index in [1.165, 1.54) is 43.3 Å². The van der Waals surface area contributed by atoms with Crippen LogP contribution in [-0.2, 0) is 15.1 Å². The van der Waals surface area contributed by atoms with Crippen LogP contribution in [0.25, 0.3) is 0 Å². The lowest BCUT2D eigenvalue weighted by atomic mass is 9.92. The van der Waals surface area contributed by atoms with Crippen LogP contribution in [0.3, 0.4) is 0 Å². The maximum absolute atomic E-state index is 13.0. The third-order valence-electron chi connectivity index (χ3n) is 5.14. The number of rotatable bonds is 5. The highest BCUT2D eigenvalue weighted by Gasteiger charge is 2.49. The van der Waals surface area contributed by atoms with Gasteiger partial charge >= 0.3 is 6.03 Å². The van der Waals surface area contributed by atoms with Crippen molar-refractivity contribution in [2.45, 2.75) is 12.5 Å². The molecule has 0 saturated carbocycles. The van der Waals surface area contributed by atoms with Crippen LogP contribution >= 0.6 is 11.6 Å². The van der Waals surface area contributed by atoms with E-state index in [1.54, 1.807) is 0 Å². The molecule has 2 heterocycles. The molecule has 4 amide bonds. The summed E-state index contributed by atoms with van der Waals surface area (Å²) in [5.74, 6) is -0.455. The van der Waals surface area contributed by atoms with Gasteiger partial charge in [0, 0.05) is 24.3 Å². The number of hydrogen-bond donors (Lipinski definition) is 2. The average molecular weight is 461 g/mol. The quantitative estimate of drug-likeness (QED) is 0.396. The predicted molar refractivity (Wildman–Crippen MR) is 112 cm³/mol. The molecule has 4 rings (SSSR count). The number of anilines is 1. The fraction of sp³-hybridized carbons (Fsp3) is 0.250. The number of halogens is 1. The van der Waals surface area contributed by atoms with Crippen molar-refractivity contribution in [3.05, 3.63) is 57.1 Å². The van der Waals surface area contributed by atoms with E-state index < -0.39 is 34.9 Å². The number of non-ortho nitro benzene ring substituents is 1. The lowest BCUT2D eigenvalue weighted by molar-refractivity contribution is -0.384. The van der Waals surface area contributed by atoms with Crippen LogP contribution in [0, 0.1) is 10.1 Å². The van der Waals surface area contributed by atoms with E-state index in [-0.39, 0.29) is 16.4 Å². The van der Waals surface area contributed by atoms with Crippen LogP contribution in [0.2, 0.25) is 5.02 Å². The Balaban J connectivity index is 1.49. The molecule has 166 valence electrons. The molecule has 11 nitrogen and oxygen atoms in total. The summed E-state index contributed by atoms with van der Waals surface area (Å²) in [5, 5.41) is 16.2. The molecular weight excluding hydrogens is 444 g/mol. The number of benzene rings is 2. The van der Waals surface area contributed by atoms with E-state index in [9.17, 15) is 24.5 Å². The van der Waals surface area contributed by atoms with Crippen LogP contribution in [0.15, 0.2) is 36.4 Å². The molecule has 2 aromatic carbocycles. The third-order valence-corrected chi connectivity index (χ3v) is 5.45. The number of ether oxygens (including phenoxy) is 2. The number of urea groups is 1. The Kier molecular flexibility index (Phi) is 5.35. The van der Waals surface area contributed by atoms with Crippen molar-refractivity contribution in [2.75, 3.05) is 25.1 Å². The Morgan fingerprint density at radius 3 is 2.47 bits per heavy atom. The number of fused-ring (bicyclic) bond motifs is 1. The average Bonchev–Trinajstić information content (AvgIpc) is 2.98. The van der Waals surface area contributed by atoms with Gasteiger partial charge in [-0.05, 0) is 24.6 Å². The summed E-state index contributed by atoms with van der Waals surface area (Å²) in [5.41, 5.74) is -1.03. The standard InChI is InChI=1S/C20H17ClN4O7/c1-20(11-2-4-12(5-3-11)25(29)30)18(27)24(19(28)23-20)10-17(26)22-14-9-16-15(8-13(14)21)31-6-7-32-16/h2-5,8-9H,6-7,10H2,1H3,(H,22,26)(H,23,28). The monoisotopic (exact) mass is 460 g/mol. The number of nitro benzene ring substituents is 1. The Hall–Kier alpha value is -3.86. The molecule has 0 spiro atoms. The first kappa shape index (κ1) is 21.4. The Morgan fingerprint density at radius 1 is 1.22 bits per heavy atom. The highest BCUT2D eigenvalue weighted by molar-refractivity contribution is 6.34. The van der Waals surface area contributed by atoms with Crippen molar-refractivity contribution < 1.29 is 28.8 Å². The van der Waals surface area contributed by atoms with Gasteiger partial charge in [0.15, 0.2) is 11.5 Å². The van der Waals surface area contributed by atoms with Crippen LogP contribution in [0.4, 0.5) is 16.2 Å². The van der Waals surface area contributed by atoms with Crippen LogP contribution in [0.1, 0.15) is 12.5 Å². The summed E-state index contributed by atoms with van der Waals surface area (Å²) in [4.78, 5) is 49.0. The third kappa shape index (κ3) is 3.78. The SMILES string of the molecule is CC1(c2ccc([N+](=O)[O-])cc2)NC(=O)N(CC(=O)Nc2cc3c(cc2Cl)OCCO3)C1=O. The smallest absolute Gasteiger partial charge is 0.325 e. The zero-order valence-electron chi connectivity index (χ0n) is 16.7. The van der Waals surface area contributed by atoms with E-state index in [0.29, 0.717) is 30.3 Å². The second kappa shape index (κ2) is 8.00. The zero-order chi connectivity index (χ0) is 23.0. The number of imide groups is 1. The van der Waals surface area contributed by atoms with Gasteiger partial charge in [0.2, 0.25) is 5.91 Å². The number of hydrogen-bond acceptors (Lipinski definition) is 7. The van der Waals surface area contributed by atoms with Gasteiger partial charge < -0.3 is 20.1 Å². The van der Waals surface area contributed by atoms with Gasteiger partial charge in [-0.25, -0.2) is 4.79 Å². The van der Waals surface area contributed by atoms with Gasteiger partial charge in [-0.2, -0.15) is 0 Å². The first-order chi connectivity index (χ1) is 15.2. The fourth-order valence-corrected chi connectivity index (χ4v) is 3.65. The van der Waals surface area contributed by atoms with Crippen molar-refractivity contribution in [1.29, 1.82) is 0 Å². The molecule has 2 aliphatic rings. The summed E-state index contributed by atoms with van der Waals surface area (Å²) in [7, 11) is 0. The van der Waals surface area contributed by atoms with Crippen molar-refractivity contribution in [3.63, 3.8) is 0 Å². The van der Waals surface area contributed by atoms with Gasteiger partial charge in [0.25, 0.3) is 11.6 Å². The molecule has 1 fully saturated rings. The van der Waals surface area contributed by atoms with Gasteiger partial charge in [-0.3, -0.25) is 24.6 Å². The van der Waals surface area contributed by atoms with Gasteiger partial charge in [0.1, 0.15) is 25.3 Å². The first-order valence-corrected chi connectivity index (χ1v) is 9.85. The fourth-order valence-electron chi connectivity index (χ4n) is 3.45. The Morgan fingerprint density at radius 2 is 1.84 bits per heavy atom. The molecule has 2 N–H and O–H groups in total. The molecule has 2 aliphatic heterocycles. The summed E-state index contributed by atoms with van der Waals surface area (Å²) in [6.07, 6.45) is 0. The van der Waals surface area contributed by atoms with E-state index in [4.69, 9.17) is 21.1 Å². The minimum atomic E-state index is -1.47. The van der Waals surface area contributed by atoms with Crippen molar-refractivity contribution in [3.8, 4) is 11.5 Å². The summed E-state index contributed by atoms with van der Waals surface area (Å²) >= 11 is 6.18. The van der Waals surface area contributed by atoms with E-state index >= 15 is 0 Å². The second-order valence-corrected chi connectivity index (χ2v) is 7.68. The topological polar surface area (TPSA) is 140 Å². The van der Waals surface area contributed by atoms with Crippen LogP contribution in [0.5, 0.6) is 11.5 Å². The highest BCUT2D eigenvalue weighted by Crippen LogP contribution is 2.38. The number of carbonyl (C=O) groups excluding carboxylic acids is 3. The van der Waals surface area contributed by atoms with E-state index in [2.05, 4.69) is 10.6 Å². The largest absolute Gasteiger partial charge is 0.486 e. The molecule has 0 aliphatic carbocycles. The maximum Gasteiger partial charge on any atom is 0.325 e. The summed E-state index contributed by atoms with van der Waals surface area (Å²) in [6, 6.07) is 7.48. The van der Waals surface area contributed by atoms with E-state index in [0.717, 1.165) is 4.90 Å². The zero-order valence-corrected chi connectivity index (χ0v) is 17.5. The van der Waals surface area contributed by atoms with Crippen LogP contribution < -0.4 is 20.1 Å². The molecule has 1 unspecified atom stereocenters. The molecule has 32 heavy (non-hydrogen) atoms. The van der Waals surface area contributed by atoms with Gasteiger partial charge in [-0.1, -0.05) is 11.6 Å². The van der Waals surface area contributed by atoms with Crippen molar-refractivity contribution >= 4 is 40.8 Å². The van der Waals surface area contributed by atoms with E-state index in [1.807, 2.05) is 0 Å². The molecular formula is C20H17ClN4O7. The summed E-state index contributed by atoms with van der Waals surface area (Å²) in [6.45, 7) is 1.64. The first-order valence-electron chi connectivity index (χ1n) is 9.47. The molecule has 0 aromatic heterocycles. The lowest BCUT2D eigenvalue weighted by Gasteiger charge is -2.22. The molecule has 1 saturated heterocycles. The number of amides is 4. The van der Waals surface area contributed by atoms with Crippen molar-refractivity contribution in [1.82, 2.24) is 10.2 Å². The molecule has 0 radical (unpaired) electrons. The lowest BCUT2D eigenvalue weighted by Crippen LogP contribution is -2.42. The number of nitrogens with zero attached hydrogens (tertiary/aromatic N) is 2. The van der Waals surface area contributed by atoms with Crippen LogP contribution in [-0.4, -0.2) is 47.4 Å². The second-order valence-electron chi connectivity index (χ2n) is 7.27. The van der Waals surface area contributed by atoms with Crippen molar-refractivity contribution in [2.24, 2.45) is 0 Å². The molecule has 1 atom stereocenters. The summed E-state index contributed by atoms with van der Waals surface area (Å²) < 4.78 is 10.9. The highest BCUT2D eigenvalue weighted by atomic mass is 35.5. The maximum atomic E-state index is 13.0. The number of carbonyl (C=O) groups is 3. The predicted octanol–water partition coefficient (Wildman–Crippen LogP) is 2.43. The molecule has 12 heteroatoms. The Bertz CT molecular complexity index is 1140.